The number of quaternary nitrogens is 1. The van der Waals surface area contributed by atoms with Crippen molar-refractivity contribution in [2.24, 2.45) is 5.92 Å². The van der Waals surface area contributed by atoms with Crippen molar-refractivity contribution >= 4 is 46.1 Å². The van der Waals surface area contributed by atoms with Gasteiger partial charge in [0.15, 0.2) is 6.54 Å². The van der Waals surface area contributed by atoms with Gasteiger partial charge in [0.05, 0.1) is 36.0 Å². The van der Waals surface area contributed by atoms with Gasteiger partial charge in [0.1, 0.15) is 13.1 Å². The van der Waals surface area contributed by atoms with Crippen LogP contribution >= 0.6 is 11.3 Å². The molecule has 3 amide bonds. The lowest BCUT2D eigenvalue weighted by molar-refractivity contribution is -0.896. The van der Waals surface area contributed by atoms with Crippen molar-refractivity contribution in [1.82, 2.24) is 4.98 Å². The van der Waals surface area contributed by atoms with E-state index < -0.39 is 0 Å². The highest BCUT2D eigenvalue weighted by Crippen LogP contribution is 2.37. The van der Waals surface area contributed by atoms with E-state index in [1.807, 2.05) is 49.8 Å². The lowest BCUT2D eigenvalue weighted by Crippen LogP contribution is -2.54. The molecule has 9 heteroatoms. The van der Waals surface area contributed by atoms with Crippen molar-refractivity contribution in [3.05, 3.63) is 70.7 Å². The number of pyridine rings is 1. The molecular weight excluding hydrogens is 474 g/mol. The van der Waals surface area contributed by atoms with E-state index in [4.69, 9.17) is 0 Å². The third-order valence-electron chi connectivity index (χ3n) is 5.88. The predicted octanol–water partition coefficient (Wildman–Crippen LogP) is 4.01. The molecular formula is C27H32N5O3S+. The molecule has 1 N–H and O–H groups in total. The molecule has 0 spiro atoms. The van der Waals surface area contributed by atoms with Crippen molar-refractivity contribution in [2.75, 3.05) is 48.8 Å². The van der Waals surface area contributed by atoms with Gasteiger partial charge in [0, 0.05) is 18.4 Å². The normalized spacial score (nSPS) is 13.6. The third-order valence-corrected chi connectivity index (χ3v) is 6.75. The third kappa shape index (κ3) is 5.98. The summed E-state index contributed by atoms with van der Waals surface area (Å²) in [6, 6.07) is 14.7. The SMILES string of the molecule is CC(C)CN1C(=O)CN(C(=O)C[N+](C)(C)Cc2ccccn2)c2cc(NC(=O)c3cccs3)ccc21. The minimum absolute atomic E-state index is 0.0372. The van der Waals surface area contributed by atoms with Gasteiger partial charge in [-0.15, -0.1) is 11.3 Å². The largest absolute Gasteiger partial charge is 0.321 e. The summed E-state index contributed by atoms with van der Waals surface area (Å²) in [4.78, 5) is 47.6. The number of rotatable bonds is 8. The number of anilines is 3. The Balaban J connectivity index is 1.62. The van der Waals surface area contributed by atoms with Crippen molar-refractivity contribution in [2.45, 2.75) is 20.4 Å². The van der Waals surface area contributed by atoms with E-state index in [2.05, 4.69) is 24.1 Å². The van der Waals surface area contributed by atoms with Gasteiger partial charge < -0.3 is 14.7 Å². The van der Waals surface area contributed by atoms with E-state index in [0.717, 1.165) is 5.69 Å². The fraction of sp³-hybridized carbons (Fsp3) is 0.333. The Morgan fingerprint density at radius 3 is 2.58 bits per heavy atom. The quantitative estimate of drug-likeness (QED) is 0.468. The number of benzene rings is 1. The van der Waals surface area contributed by atoms with Crippen LogP contribution in [0, 0.1) is 5.92 Å². The van der Waals surface area contributed by atoms with Gasteiger partial charge >= 0.3 is 0 Å². The highest BCUT2D eigenvalue weighted by Gasteiger charge is 2.35. The lowest BCUT2D eigenvalue weighted by Gasteiger charge is -2.38. The first-order valence-electron chi connectivity index (χ1n) is 11.9. The molecule has 1 aliphatic rings. The van der Waals surface area contributed by atoms with Gasteiger partial charge in [-0.1, -0.05) is 26.0 Å². The summed E-state index contributed by atoms with van der Waals surface area (Å²) in [5, 5.41) is 4.77. The van der Waals surface area contributed by atoms with Gasteiger partial charge in [-0.3, -0.25) is 24.3 Å². The number of hydrogen-bond acceptors (Lipinski definition) is 5. The van der Waals surface area contributed by atoms with Crippen LogP contribution < -0.4 is 15.1 Å². The summed E-state index contributed by atoms with van der Waals surface area (Å²) in [7, 11) is 3.95. The maximum Gasteiger partial charge on any atom is 0.282 e. The zero-order valence-electron chi connectivity index (χ0n) is 21.1. The topological polar surface area (TPSA) is 82.6 Å². The van der Waals surface area contributed by atoms with Crippen molar-refractivity contribution in [3.63, 3.8) is 0 Å². The van der Waals surface area contributed by atoms with Crippen LogP contribution in [0.5, 0.6) is 0 Å². The minimum Gasteiger partial charge on any atom is -0.321 e. The minimum atomic E-state index is -0.207. The summed E-state index contributed by atoms with van der Waals surface area (Å²) in [6.45, 7) is 5.40. The second-order valence-electron chi connectivity index (χ2n) is 10.1. The standard InChI is InChI=1S/C27H31N5O3S/c1-19(2)15-30-22-11-10-20(29-27(35)24-9-7-13-36-24)14-23(22)31(16-25(30)33)26(34)18-32(3,4)17-21-8-5-6-12-28-21/h5-14,19H,15-18H2,1-4H3/p+1. The molecule has 2 aromatic heterocycles. The summed E-state index contributed by atoms with van der Waals surface area (Å²) in [5.74, 6) is -0.218. The van der Waals surface area contributed by atoms with E-state index >= 15 is 0 Å². The second kappa shape index (κ2) is 10.6. The summed E-state index contributed by atoms with van der Waals surface area (Å²) < 4.78 is 0.389. The van der Waals surface area contributed by atoms with Crippen molar-refractivity contribution in [3.8, 4) is 0 Å². The Morgan fingerprint density at radius 1 is 1.11 bits per heavy atom. The average molecular weight is 507 g/mol. The number of nitrogens with zero attached hydrogens (tertiary/aromatic N) is 4. The molecule has 0 aliphatic carbocycles. The van der Waals surface area contributed by atoms with Crippen LogP contribution in [0.4, 0.5) is 17.1 Å². The molecule has 3 heterocycles. The number of thiophene rings is 1. The molecule has 8 nitrogen and oxygen atoms in total. The van der Waals surface area contributed by atoms with E-state index in [1.165, 1.54) is 11.3 Å². The Morgan fingerprint density at radius 2 is 1.92 bits per heavy atom. The number of hydrogen-bond donors (Lipinski definition) is 1. The van der Waals surface area contributed by atoms with E-state index in [0.29, 0.717) is 39.5 Å². The fourth-order valence-corrected chi connectivity index (χ4v) is 4.93. The zero-order chi connectivity index (χ0) is 25.9. The number of carbonyl (C=O) groups is 3. The van der Waals surface area contributed by atoms with Crippen LogP contribution in [-0.4, -0.2) is 60.9 Å². The van der Waals surface area contributed by atoms with Crippen LogP contribution in [0.25, 0.3) is 0 Å². The summed E-state index contributed by atoms with van der Waals surface area (Å²) in [6.07, 6.45) is 1.74. The highest BCUT2D eigenvalue weighted by molar-refractivity contribution is 7.12. The lowest BCUT2D eigenvalue weighted by atomic mass is 10.1. The molecule has 188 valence electrons. The Labute approximate surface area is 215 Å². The molecule has 1 aromatic carbocycles. The molecule has 0 saturated carbocycles. The van der Waals surface area contributed by atoms with Crippen LogP contribution in [0.15, 0.2) is 60.1 Å². The molecule has 0 atom stereocenters. The van der Waals surface area contributed by atoms with Crippen LogP contribution in [0.3, 0.4) is 0 Å². The first-order chi connectivity index (χ1) is 17.1. The van der Waals surface area contributed by atoms with Gasteiger partial charge in [-0.25, -0.2) is 0 Å². The Hall–Kier alpha value is -3.56. The molecule has 0 fully saturated rings. The molecule has 3 aromatic rings. The van der Waals surface area contributed by atoms with Crippen LogP contribution in [-0.2, 0) is 16.1 Å². The Kier molecular flexibility index (Phi) is 7.51. The van der Waals surface area contributed by atoms with Crippen molar-refractivity contribution in [1.29, 1.82) is 0 Å². The number of aromatic nitrogens is 1. The molecule has 0 radical (unpaired) electrons. The molecule has 1 aliphatic heterocycles. The van der Waals surface area contributed by atoms with E-state index in [-0.39, 0.29) is 36.7 Å². The molecule has 0 unspecified atom stereocenters. The smallest absolute Gasteiger partial charge is 0.282 e. The zero-order valence-corrected chi connectivity index (χ0v) is 21.9. The van der Waals surface area contributed by atoms with Gasteiger partial charge in [-0.2, -0.15) is 0 Å². The van der Waals surface area contributed by atoms with Gasteiger partial charge in [0.25, 0.3) is 11.8 Å². The number of fused-ring (bicyclic) bond motifs is 1. The maximum atomic E-state index is 13.6. The van der Waals surface area contributed by atoms with E-state index in [9.17, 15) is 14.4 Å². The second-order valence-corrected chi connectivity index (χ2v) is 11.0. The predicted molar refractivity (Wildman–Crippen MR) is 143 cm³/mol. The number of nitrogens with one attached hydrogen (secondary N) is 1. The van der Waals surface area contributed by atoms with Gasteiger partial charge in [-0.05, 0) is 47.7 Å². The average Bonchev–Trinajstić information content (AvgIpc) is 3.36. The molecule has 0 saturated heterocycles. The molecule has 0 bridgehead atoms. The summed E-state index contributed by atoms with van der Waals surface area (Å²) in [5.41, 5.74) is 2.78. The number of carbonyl (C=O) groups excluding carboxylic acids is 3. The summed E-state index contributed by atoms with van der Waals surface area (Å²) >= 11 is 1.36. The number of amides is 3. The van der Waals surface area contributed by atoms with E-state index in [1.54, 1.807) is 34.2 Å². The fourth-order valence-electron chi connectivity index (χ4n) is 4.31. The monoisotopic (exact) mass is 506 g/mol. The first-order valence-corrected chi connectivity index (χ1v) is 12.8. The van der Waals surface area contributed by atoms with Gasteiger partial charge in [0.2, 0.25) is 5.91 Å². The highest BCUT2D eigenvalue weighted by atomic mass is 32.1. The van der Waals surface area contributed by atoms with Crippen molar-refractivity contribution < 1.29 is 18.9 Å². The molecule has 4 rings (SSSR count). The first kappa shape index (κ1) is 25.5. The van der Waals surface area contributed by atoms with Crippen LogP contribution in [0.2, 0.25) is 0 Å². The maximum absolute atomic E-state index is 13.6. The van der Waals surface area contributed by atoms with Crippen LogP contribution in [0.1, 0.15) is 29.2 Å². The molecule has 36 heavy (non-hydrogen) atoms. The Bertz CT molecular complexity index is 1240. The number of likely N-dealkylation sites (N-methyl/N-ethyl adjacent to an activating group) is 1.